The van der Waals surface area contributed by atoms with Gasteiger partial charge in [-0.15, -0.1) is 0 Å². The molecule has 0 fully saturated rings. The smallest absolute Gasteiger partial charge is 0.307 e. The van der Waals surface area contributed by atoms with Crippen molar-refractivity contribution in [1.82, 2.24) is 5.43 Å². The zero-order valence-corrected chi connectivity index (χ0v) is 10.1. The number of rotatable bonds is 7. The van der Waals surface area contributed by atoms with Crippen molar-refractivity contribution < 1.29 is 13.6 Å². The van der Waals surface area contributed by atoms with Gasteiger partial charge in [0, 0.05) is 6.21 Å². The molecular weight excluding hydrogens is 203 g/mol. The topological polar surface area (TPSA) is 59.9 Å². The summed E-state index contributed by atoms with van der Waals surface area (Å²) < 4.78 is 22.3. The molecule has 0 aromatic heterocycles. The van der Waals surface area contributed by atoms with Gasteiger partial charge in [-0.25, -0.2) is 0 Å². The molecule has 0 aromatic carbocycles. The van der Waals surface area contributed by atoms with Crippen molar-refractivity contribution in [3.63, 3.8) is 0 Å². The Balaban J connectivity index is 4.38. The molecule has 0 aromatic rings. The molecule has 0 rings (SSSR count). The first-order valence-corrected chi connectivity index (χ1v) is 6.33. The Morgan fingerprint density at radius 2 is 1.93 bits per heavy atom. The number of hydrogen-bond donors (Lipinski definition) is 1. The average Bonchev–Trinajstić information content (AvgIpc) is 2.15. The third-order valence-corrected chi connectivity index (χ3v) is 3.78. The van der Waals surface area contributed by atoms with Gasteiger partial charge in [-0.3, -0.25) is 9.99 Å². The Kier molecular flexibility index (Phi) is 6.79. The van der Waals surface area contributed by atoms with Gasteiger partial charge >= 0.3 is 7.60 Å². The fraction of sp³-hybridized carbons (Fsp3) is 0.875. The van der Waals surface area contributed by atoms with Crippen LogP contribution in [0, 0.1) is 0 Å². The molecule has 0 aliphatic rings. The van der Waals surface area contributed by atoms with Crippen LogP contribution >= 0.6 is 7.60 Å². The maximum atomic E-state index is 12.0. The van der Waals surface area contributed by atoms with Gasteiger partial charge in [0.1, 0.15) is 5.78 Å². The van der Waals surface area contributed by atoms with Gasteiger partial charge in [-0.1, -0.05) is 0 Å². The zero-order chi connectivity index (χ0) is 11.0. The van der Waals surface area contributed by atoms with E-state index in [1.807, 2.05) is 0 Å². The lowest BCUT2D eigenvalue weighted by Crippen LogP contribution is -2.23. The van der Waals surface area contributed by atoms with Crippen LogP contribution in [-0.2, 0) is 13.6 Å². The van der Waals surface area contributed by atoms with Crippen LogP contribution in [0.1, 0.15) is 27.7 Å². The van der Waals surface area contributed by atoms with Crippen LogP contribution in [0.4, 0.5) is 0 Å². The van der Waals surface area contributed by atoms with Crippen molar-refractivity contribution in [2.45, 2.75) is 33.5 Å². The van der Waals surface area contributed by atoms with Crippen LogP contribution in [0.25, 0.3) is 0 Å². The third-order valence-electron chi connectivity index (χ3n) is 1.48. The molecule has 0 aliphatic heterocycles. The first-order valence-electron chi connectivity index (χ1n) is 4.72. The summed E-state index contributed by atoms with van der Waals surface area (Å²) in [6.07, 6.45) is 1.58. The summed E-state index contributed by atoms with van der Waals surface area (Å²) in [5, 5.41) is 3.80. The first-order chi connectivity index (χ1) is 6.60. The third kappa shape index (κ3) is 4.22. The van der Waals surface area contributed by atoms with Gasteiger partial charge in [0.15, 0.2) is 0 Å². The van der Waals surface area contributed by atoms with Crippen molar-refractivity contribution in [2.75, 3.05) is 13.2 Å². The van der Waals surface area contributed by atoms with Crippen LogP contribution in [0.15, 0.2) is 5.10 Å². The highest BCUT2D eigenvalue weighted by Gasteiger charge is 2.31. The lowest BCUT2D eigenvalue weighted by Gasteiger charge is -2.22. The van der Waals surface area contributed by atoms with Gasteiger partial charge in [0.2, 0.25) is 0 Å². The summed E-state index contributed by atoms with van der Waals surface area (Å²) in [4.78, 5) is 0. The molecule has 1 atom stereocenters. The molecule has 14 heavy (non-hydrogen) atoms. The molecule has 1 N–H and O–H groups in total. The van der Waals surface area contributed by atoms with E-state index in [4.69, 9.17) is 9.05 Å². The average molecular weight is 222 g/mol. The van der Waals surface area contributed by atoms with Crippen molar-refractivity contribution in [1.29, 1.82) is 0 Å². The molecule has 0 radical (unpaired) electrons. The molecule has 5 nitrogen and oxygen atoms in total. The molecule has 0 amide bonds. The maximum Gasteiger partial charge on any atom is 0.353 e. The SMILES string of the molecule is C/C=N/NC(C)P(=O)(OCC)OCC. The highest BCUT2D eigenvalue weighted by Crippen LogP contribution is 2.51. The number of nitrogens with one attached hydrogen (secondary N) is 1. The summed E-state index contributed by atoms with van der Waals surface area (Å²) in [5.74, 6) is -0.432. The molecule has 6 heteroatoms. The molecule has 0 bridgehead atoms. The normalized spacial score (nSPS) is 14.6. The number of hydrazone groups is 1. The Bertz CT molecular complexity index is 211. The fourth-order valence-electron chi connectivity index (χ4n) is 0.874. The monoisotopic (exact) mass is 222 g/mol. The van der Waals surface area contributed by atoms with Crippen molar-refractivity contribution >= 4 is 13.8 Å². The van der Waals surface area contributed by atoms with E-state index in [2.05, 4.69) is 10.5 Å². The minimum atomic E-state index is -3.06. The highest BCUT2D eigenvalue weighted by molar-refractivity contribution is 7.54. The van der Waals surface area contributed by atoms with Gasteiger partial charge in [-0.2, -0.15) is 5.10 Å². The van der Waals surface area contributed by atoms with Crippen LogP contribution < -0.4 is 5.43 Å². The van der Waals surface area contributed by atoms with Gasteiger partial charge in [0.05, 0.1) is 13.2 Å². The predicted octanol–water partition coefficient (Wildman–Crippen LogP) is 2.19. The largest absolute Gasteiger partial charge is 0.353 e. The van der Waals surface area contributed by atoms with Gasteiger partial charge in [-0.05, 0) is 27.7 Å². The van der Waals surface area contributed by atoms with Crippen molar-refractivity contribution in [3.8, 4) is 0 Å². The van der Waals surface area contributed by atoms with E-state index in [1.54, 1.807) is 33.9 Å². The summed E-state index contributed by atoms with van der Waals surface area (Å²) in [6, 6.07) is 0. The van der Waals surface area contributed by atoms with E-state index < -0.39 is 13.4 Å². The lowest BCUT2D eigenvalue weighted by atomic mass is 10.8. The Hall–Kier alpha value is -0.380. The van der Waals surface area contributed by atoms with Crippen molar-refractivity contribution in [3.05, 3.63) is 0 Å². The minimum absolute atomic E-state index is 0.360. The first kappa shape index (κ1) is 13.6. The number of nitrogens with zero attached hydrogens (tertiary/aromatic N) is 1. The molecule has 0 heterocycles. The molecule has 0 aliphatic carbocycles. The maximum absolute atomic E-state index is 12.0. The Morgan fingerprint density at radius 1 is 1.43 bits per heavy atom. The van der Waals surface area contributed by atoms with E-state index in [9.17, 15) is 4.57 Å². The van der Waals surface area contributed by atoms with Crippen LogP contribution in [0.3, 0.4) is 0 Å². The fourth-order valence-corrected chi connectivity index (χ4v) is 2.32. The van der Waals surface area contributed by atoms with Crippen LogP contribution in [0.2, 0.25) is 0 Å². The van der Waals surface area contributed by atoms with Crippen LogP contribution in [0.5, 0.6) is 0 Å². The molecule has 0 saturated heterocycles. The molecule has 0 saturated carbocycles. The second kappa shape index (κ2) is 6.98. The second-order valence-corrected chi connectivity index (χ2v) is 4.94. The minimum Gasteiger partial charge on any atom is -0.307 e. The summed E-state index contributed by atoms with van der Waals surface area (Å²) in [7, 11) is -3.06. The summed E-state index contributed by atoms with van der Waals surface area (Å²) >= 11 is 0. The van der Waals surface area contributed by atoms with Gasteiger partial charge in [0.25, 0.3) is 0 Å². The van der Waals surface area contributed by atoms with Crippen LogP contribution in [-0.4, -0.2) is 25.2 Å². The Labute approximate surface area is 85.4 Å². The molecule has 1 unspecified atom stereocenters. The van der Waals surface area contributed by atoms with E-state index in [0.717, 1.165) is 0 Å². The quantitative estimate of drug-likeness (QED) is 0.407. The molecular formula is C8H19N2O3P. The lowest BCUT2D eigenvalue weighted by molar-refractivity contribution is 0.209. The van der Waals surface area contributed by atoms with Gasteiger partial charge < -0.3 is 9.05 Å². The number of hydrogen-bond acceptors (Lipinski definition) is 5. The Morgan fingerprint density at radius 3 is 2.29 bits per heavy atom. The van der Waals surface area contributed by atoms with E-state index in [0.29, 0.717) is 13.2 Å². The summed E-state index contributed by atoms with van der Waals surface area (Å²) in [5.41, 5.74) is 2.70. The molecule has 84 valence electrons. The second-order valence-electron chi connectivity index (χ2n) is 2.57. The zero-order valence-electron chi connectivity index (χ0n) is 9.19. The van der Waals surface area contributed by atoms with E-state index in [1.165, 1.54) is 0 Å². The van der Waals surface area contributed by atoms with E-state index in [-0.39, 0.29) is 0 Å². The summed E-state index contributed by atoms with van der Waals surface area (Å²) in [6.45, 7) is 7.77. The van der Waals surface area contributed by atoms with Crippen molar-refractivity contribution in [2.24, 2.45) is 5.10 Å². The standard InChI is InChI=1S/C8H19N2O3P/c1-5-9-10-8(4)14(11,12-6-2)13-7-3/h5,8,10H,6-7H2,1-4H3/b9-5+. The molecule has 0 spiro atoms. The van der Waals surface area contributed by atoms with E-state index >= 15 is 0 Å². The highest BCUT2D eigenvalue weighted by atomic mass is 31.2. The predicted molar refractivity (Wildman–Crippen MR) is 57.6 cm³/mol.